The number of aliphatic hydroxyl groups is 1. The summed E-state index contributed by atoms with van der Waals surface area (Å²) in [6.07, 6.45) is 2.51. The van der Waals surface area contributed by atoms with E-state index in [2.05, 4.69) is 18.1 Å². The highest BCUT2D eigenvalue weighted by atomic mass is 16.5. The molecule has 1 unspecified atom stereocenters. The van der Waals surface area contributed by atoms with Crippen LogP contribution in [0.15, 0.2) is 30.2 Å². The second-order valence-corrected chi connectivity index (χ2v) is 3.51. The van der Waals surface area contributed by atoms with Crippen LogP contribution in [0, 0.1) is 0 Å². The molecule has 17 heavy (non-hydrogen) atoms. The van der Waals surface area contributed by atoms with E-state index in [-0.39, 0.29) is 24.8 Å². The van der Waals surface area contributed by atoms with Crippen molar-refractivity contribution in [1.82, 2.24) is 9.55 Å². The quantitative estimate of drug-likeness (QED) is 0.724. The first-order valence-electron chi connectivity index (χ1n) is 5.31. The highest BCUT2D eigenvalue weighted by Crippen LogP contribution is 2.26. The van der Waals surface area contributed by atoms with E-state index in [9.17, 15) is 4.79 Å². The molecule has 6 nitrogen and oxygen atoms in total. The maximum absolute atomic E-state index is 11.5. The third-order valence-corrected chi connectivity index (χ3v) is 2.45. The van der Waals surface area contributed by atoms with E-state index in [1.54, 1.807) is 12.3 Å². The number of ether oxygens (including phenoxy) is 1. The summed E-state index contributed by atoms with van der Waals surface area (Å²) in [6, 6.07) is 1.55. The van der Waals surface area contributed by atoms with Crippen LogP contribution in [-0.4, -0.2) is 27.4 Å². The lowest BCUT2D eigenvalue weighted by Crippen LogP contribution is -2.27. The molecule has 2 atom stereocenters. The summed E-state index contributed by atoms with van der Waals surface area (Å²) < 4.78 is 6.84. The highest BCUT2D eigenvalue weighted by molar-refractivity contribution is 5.23. The number of hydrogen-bond acceptors (Lipinski definition) is 5. The minimum atomic E-state index is -0.418. The Labute approximate surface area is 99.4 Å². The average Bonchev–Trinajstić information content (AvgIpc) is 2.80. The lowest BCUT2D eigenvalue weighted by Gasteiger charge is -2.14. The van der Waals surface area contributed by atoms with Gasteiger partial charge in [0, 0.05) is 6.20 Å². The topological polar surface area (TPSA) is 90.4 Å². The minimum absolute atomic E-state index is 0.0202. The molecule has 0 radical (unpaired) electrons. The molecular weight excluding hydrogens is 222 g/mol. The van der Waals surface area contributed by atoms with Gasteiger partial charge in [-0.2, -0.15) is 4.98 Å². The van der Waals surface area contributed by atoms with E-state index in [0.29, 0.717) is 6.42 Å². The largest absolute Gasteiger partial charge is 0.394 e. The van der Waals surface area contributed by atoms with E-state index in [4.69, 9.17) is 15.6 Å². The smallest absolute Gasteiger partial charge is 0.351 e. The molecule has 1 aromatic heterocycles. The summed E-state index contributed by atoms with van der Waals surface area (Å²) in [6.45, 7) is 5.98. The third-order valence-electron chi connectivity index (χ3n) is 2.45. The fourth-order valence-corrected chi connectivity index (χ4v) is 1.67. The van der Waals surface area contributed by atoms with Gasteiger partial charge in [0.15, 0.2) is 0 Å². The zero-order valence-corrected chi connectivity index (χ0v) is 9.58. The number of nitrogen functional groups attached to an aromatic ring is 1. The van der Waals surface area contributed by atoms with Crippen molar-refractivity contribution in [3.05, 3.63) is 35.9 Å². The zero-order valence-electron chi connectivity index (χ0n) is 9.58. The number of aliphatic hydroxyl groups excluding tert-OH is 1. The molecule has 0 amide bonds. The minimum Gasteiger partial charge on any atom is -0.394 e. The number of anilines is 1. The molecule has 2 heterocycles. The second kappa shape index (κ2) is 6.17. The van der Waals surface area contributed by atoms with Gasteiger partial charge in [-0.3, -0.25) is 4.57 Å². The first-order chi connectivity index (χ1) is 8.20. The summed E-state index contributed by atoms with van der Waals surface area (Å²) >= 11 is 0. The monoisotopic (exact) mass is 239 g/mol. The van der Waals surface area contributed by atoms with Crippen molar-refractivity contribution < 1.29 is 9.84 Å². The molecule has 1 saturated heterocycles. The summed E-state index contributed by atoms with van der Waals surface area (Å²) in [7, 11) is 0. The van der Waals surface area contributed by atoms with E-state index in [1.807, 2.05) is 0 Å². The van der Waals surface area contributed by atoms with Crippen LogP contribution in [0.3, 0.4) is 0 Å². The van der Waals surface area contributed by atoms with Crippen molar-refractivity contribution in [3.8, 4) is 0 Å². The molecular formula is C11H17N3O3. The van der Waals surface area contributed by atoms with Crippen molar-refractivity contribution in [1.29, 1.82) is 0 Å². The molecule has 0 bridgehead atoms. The number of rotatable bonds is 2. The Kier molecular flexibility index (Phi) is 4.86. The Morgan fingerprint density at radius 3 is 2.82 bits per heavy atom. The van der Waals surface area contributed by atoms with Crippen LogP contribution in [0.25, 0.3) is 0 Å². The molecule has 0 spiro atoms. The van der Waals surface area contributed by atoms with Gasteiger partial charge in [-0.15, -0.1) is 13.2 Å². The molecule has 94 valence electrons. The molecule has 1 aliphatic heterocycles. The van der Waals surface area contributed by atoms with Gasteiger partial charge in [0.2, 0.25) is 0 Å². The van der Waals surface area contributed by atoms with Crippen molar-refractivity contribution in [2.45, 2.75) is 25.2 Å². The van der Waals surface area contributed by atoms with E-state index in [0.717, 1.165) is 6.42 Å². The van der Waals surface area contributed by atoms with Gasteiger partial charge in [-0.05, 0) is 18.9 Å². The molecule has 1 fully saturated rings. The first-order valence-corrected chi connectivity index (χ1v) is 5.31. The van der Waals surface area contributed by atoms with Crippen LogP contribution in [0.4, 0.5) is 5.82 Å². The summed E-state index contributed by atoms with van der Waals surface area (Å²) in [4.78, 5) is 15.1. The average molecular weight is 239 g/mol. The van der Waals surface area contributed by atoms with Crippen molar-refractivity contribution in [3.63, 3.8) is 0 Å². The summed E-state index contributed by atoms with van der Waals surface area (Å²) in [5.41, 5.74) is 4.96. The Balaban J connectivity index is 0.000000686. The number of hydrogen-bond donors (Lipinski definition) is 2. The van der Waals surface area contributed by atoms with E-state index >= 15 is 0 Å². The third kappa shape index (κ3) is 3.15. The maximum atomic E-state index is 11.5. The summed E-state index contributed by atoms with van der Waals surface area (Å²) in [5.74, 6) is 0.202. The van der Waals surface area contributed by atoms with Crippen molar-refractivity contribution in [2.75, 3.05) is 12.3 Å². The SMILES string of the molecule is C=C.Nc1ccn(C2CC[C@@H](CO)O2)c(=O)n1. The van der Waals surface area contributed by atoms with Gasteiger partial charge in [0.25, 0.3) is 0 Å². The van der Waals surface area contributed by atoms with Crippen LogP contribution in [0.2, 0.25) is 0 Å². The molecule has 0 aromatic carbocycles. The fraction of sp³-hybridized carbons (Fsp3) is 0.455. The molecule has 3 N–H and O–H groups in total. The van der Waals surface area contributed by atoms with E-state index < -0.39 is 5.69 Å². The molecule has 1 aliphatic rings. The lowest BCUT2D eigenvalue weighted by molar-refractivity contribution is -0.0245. The van der Waals surface area contributed by atoms with E-state index in [1.165, 1.54) is 4.57 Å². The Bertz CT molecular complexity index is 419. The van der Waals surface area contributed by atoms with Gasteiger partial charge in [0.05, 0.1) is 12.7 Å². The van der Waals surface area contributed by atoms with Gasteiger partial charge >= 0.3 is 5.69 Å². The number of aromatic nitrogens is 2. The molecule has 6 heteroatoms. The lowest BCUT2D eigenvalue weighted by atomic mass is 10.2. The second-order valence-electron chi connectivity index (χ2n) is 3.51. The zero-order chi connectivity index (χ0) is 12.8. The fourth-order valence-electron chi connectivity index (χ4n) is 1.67. The van der Waals surface area contributed by atoms with Crippen LogP contribution >= 0.6 is 0 Å². The van der Waals surface area contributed by atoms with Crippen molar-refractivity contribution >= 4 is 5.82 Å². The molecule has 0 saturated carbocycles. The Hall–Kier alpha value is -1.66. The summed E-state index contributed by atoms with van der Waals surface area (Å²) in [5, 5.41) is 8.90. The van der Waals surface area contributed by atoms with Gasteiger partial charge in [-0.1, -0.05) is 0 Å². The molecule has 0 aliphatic carbocycles. The maximum Gasteiger partial charge on any atom is 0.351 e. The predicted molar refractivity (Wildman–Crippen MR) is 64.4 cm³/mol. The van der Waals surface area contributed by atoms with Crippen LogP contribution < -0.4 is 11.4 Å². The van der Waals surface area contributed by atoms with Crippen molar-refractivity contribution in [2.24, 2.45) is 0 Å². The molecule has 2 rings (SSSR count). The van der Waals surface area contributed by atoms with Gasteiger partial charge < -0.3 is 15.6 Å². The normalized spacial score (nSPS) is 22.9. The van der Waals surface area contributed by atoms with Crippen LogP contribution in [0.1, 0.15) is 19.1 Å². The predicted octanol–water partition coefficient (Wildman–Crippen LogP) is 0.298. The van der Waals surface area contributed by atoms with Crippen LogP contribution in [-0.2, 0) is 4.74 Å². The highest BCUT2D eigenvalue weighted by Gasteiger charge is 2.26. The first kappa shape index (κ1) is 13.4. The van der Waals surface area contributed by atoms with Gasteiger partial charge in [0.1, 0.15) is 12.0 Å². The van der Waals surface area contributed by atoms with Crippen LogP contribution in [0.5, 0.6) is 0 Å². The Morgan fingerprint density at radius 1 is 1.59 bits per heavy atom. The number of nitrogens with zero attached hydrogens (tertiary/aromatic N) is 2. The standard InChI is InChI=1S/C9H13N3O3.C2H4/c10-7-3-4-12(9(14)11-7)8-2-1-6(5-13)15-8;1-2/h3-4,6,8,13H,1-2,5H2,(H2,10,11,14);1-2H2/t6-,8?;/m0./s1. The Morgan fingerprint density at radius 2 is 2.29 bits per heavy atom. The number of nitrogens with two attached hydrogens (primary N) is 1. The van der Waals surface area contributed by atoms with Gasteiger partial charge in [-0.25, -0.2) is 4.79 Å². The molecule has 1 aromatic rings.